The molecule has 1 saturated carbocycles. The van der Waals surface area contributed by atoms with Gasteiger partial charge in [0, 0.05) is 15.3 Å². The molecule has 0 N–H and O–H groups in total. The molecule has 0 atom stereocenters. The predicted molar refractivity (Wildman–Crippen MR) is 127 cm³/mol. The number of hydrogen-bond acceptors (Lipinski definition) is 8. The summed E-state index contributed by atoms with van der Waals surface area (Å²) in [6.07, 6.45) is 8.52. The van der Waals surface area contributed by atoms with Crippen molar-refractivity contribution in [2.75, 3.05) is 0 Å². The number of hydrogen-bond donors (Lipinski definition) is 0. The van der Waals surface area contributed by atoms with Crippen LogP contribution in [0.5, 0.6) is 5.75 Å². The molecule has 0 radical (unpaired) electrons. The van der Waals surface area contributed by atoms with Crippen molar-refractivity contribution in [3.8, 4) is 39.8 Å². The van der Waals surface area contributed by atoms with Gasteiger partial charge in [-0.3, -0.25) is 0 Å². The van der Waals surface area contributed by atoms with Gasteiger partial charge < -0.3 is 4.74 Å². The molecule has 5 rings (SSSR count). The zero-order valence-corrected chi connectivity index (χ0v) is 19.2. The third-order valence-electron chi connectivity index (χ3n) is 5.80. The molecular weight excluding hydrogens is 456 g/mol. The van der Waals surface area contributed by atoms with Crippen molar-refractivity contribution in [3.05, 3.63) is 38.6 Å². The van der Waals surface area contributed by atoms with E-state index in [1.807, 2.05) is 30.3 Å². The van der Waals surface area contributed by atoms with E-state index >= 15 is 0 Å². The highest BCUT2D eigenvalue weighted by molar-refractivity contribution is 7.32. The maximum atomic E-state index is 9.18. The largest absolute Gasteiger partial charge is 0.479 e. The molecule has 8 heteroatoms. The van der Waals surface area contributed by atoms with Gasteiger partial charge in [-0.1, -0.05) is 6.42 Å². The van der Waals surface area contributed by atoms with Crippen molar-refractivity contribution in [3.63, 3.8) is 0 Å². The number of ether oxygens (including phenoxy) is 1. The first-order chi connectivity index (χ1) is 15.6. The van der Waals surface area contributed by atoms with Gasteiger partial charge in [0.1, 0.15) is 41.0 Å². The van der Waals surface area contributed by atoms with Crippen molar-refractivity contribution >= 4 is 55.6 Å². The van der Waals surface area contributed by atoms with Crippen LogP contribution in [0.15, 0.2) is 23.3 Å². The van der Waals surface area contributed by atoms with E-state index in [2.05, 4.69) is 6.07 Å². The van der Waals surface area contributed by atoms with E-state index in [1.54, 1.807) is 34.8 Å². The van der Waals surface area contributed by atoms with E-state index in [4.69, 9.17) is 15.3 Å². The second-order valence-electron chi connectivity index (χ2n) is 7.71. The Bertz CT molecular complexity index is 1450. The third kappa shape index (κ3) is 3.22. The van der Waals surface area contributed by atoms with E-state index in [0.29, 0.717) is 0 Å². The van der Waals surface area contributed by atoms with E-state index in [1.165, 1.54) is 23.3 Å². The fraction of sp³-hybridized carbons (Fsp3) is 0.250. The number of rotatable bonds is 2. The van der Waals surface area contributed by atoms with Gasteiger partial charge in [-0.25, -0.2) is 0 Å². The lowest BCUT2D eigenvalue weighted by Gasteiger charge is -2.40. The summed E-state index contributed by atoms with van der Waals surface area (Å²) in [5.74, 6) is 0.887. The average molecular weight is 471 g/mol. The van der Waals surface area contributed by atoms with Gasteiger partial charge in [0.05, 0.1) is 19.2 Å². The molecular formula is C24H14N4OS3. The van der Waals surface area contributed by atoms with Gasteiger partial charge in [-0.15, -0.1) is 34.0 Å². The quantitative estimate of drug-likeness (QED) is 0.371. The molecule has 2 aliphatic rings. The maximum Gasteiger partial charge on any atom is 0.157 e. The average Bonchev–Trinajstić information content (AvgIpc) is 3.50. The minimum Gasteiger partial charge on any atom is -0.479 e. The molecule has 5 nitrogen and oxygen atoms in total. The van der Waals surface area contributed by atoms with Gasteiger partial charge >= 0.3 is 0 Å². The maximum absolute atomic E-state index is 9.18. The van der Waals surface area contributed by atoms with Crippen LogP contribution in [0, 0.1) is 45.3 Å². The Morgan fingerprint density at radius 3 is 2.06 bits per heavy atom. The van der Waals surface area contributed by atoms with E-state index in [0.717, 1.165) is 60.3 Å². The molecule has 0 saturated heterocycles. The molecule has 1 fully saturated rings. The summed E-state index contributed by atoms with van der Waals surface area (Å²) in [5.41, 5.74) is 0.958. The number of allylic oxidation sites excluding steroid dienone is 2. The van der Waals surface area contributed by atoms with Crippen LogP contribution in [-0.4, -0.2) is 0 Å². The van der Waals surface area contributed by atoms with Crippen molar-refractivity contribution in [1.82, 2.24) is 0 Å². The normalized spacial score (nSPS) is 15.2. The summed E-state index contributed by atoms with van der Waals surface area (Å²) in [6, 6.07) is 11.8. The topological polar surface area (TPSA) is 104 Å². The summed E-state index contributed by atoms with van der Waals surface area (Å²) in [4.78, 5) is 3.99. The molecule has 0 aromatic carbocycles. The second-order valence-corrected chi connectivity index (χ2v) is 10.9. The summed E-state index contributed by atoms with van der Waals surface area (Å²) >= 11 is 4.79. The number of nitrogens with zero attached hydrogens (tertiary/aromatic N) is 4. The number of thiophene rings is 3. The van der Waals surface area contributed by atoms with E-state index in [-0.39, 0.29) is 16.7 Å². The van der Waals surface area contributed by atoms with Crippen LogP contribution in [0.4, 0.5) is 0 Å². The third-order valence-corrected chi connectivity index (χ3v) is 9.38. The van der Waals surface area contributed by atoms with E-state index < -0.39 is 0 Å². The number of fused-ring (bicyclic) bond motifs is 6. The van der Waals surface area contributed by atoms with Crippen LogP contribution < -0.4 is 4.74 Å². The summed E-state index contributed by atoms with van der Waals surface area (Å²) < 4.78 is 8.92. The van der Waals surface area contributed by atoms with Crippen molar-refractivity contribution in [2.24, 2.45) is 0 Å². The highest BCUT2D eigenvalue weighted by Gasteiger charge is 2.44. The minimum atomic E-state index is -0.388. The molecule has 3 aromatic rings. The standard InChI is InChI=1S/C24H14N4OS3/c25-10-14(11-26)6-16-8-18-21(30-16)23-20(29-24(18)4-2-1-3-5-24)22-19(32-23)9-17(31-22)7-15(12-27)13-28/h6-9H,1-5H2. The summed E-state index contributed by atoms with van der Waals surface area (Å²) in [5, 5.41) is 36.5. The van der Waals surface area contributed by atoms with Crippen molar-refractivity contribution in [2.45, 2.75) is 37.7 Å². The monoisotopic (exact) mass is 470 g/mol. The van der Waals surface area contributed by atoms with Crippen molar-refractivity contribution in [1.29, 1.82) is 21.0 Å². The van der Waals surface area contributed by atoms with Gasteiger partial charge in [0.2, 0.25) is 0 Å². The lowest BCUT2D eigenvalue weighted by Crippen LogP contribution is -2.37. The first-order valence-corrected chi connectivity index (χ1v) is 12.5. The molecule has 0 unspecified atom stereocenters. The fourth-order valence-electron chi connectivity index (χ4n) is 4.40. The van der Waals surface area contributed by atoms with Crippen LogP contribution in [0.25, 0.3) is 31.3 Å². The lowest BCUT2D eigenvalue weighted by molar-refractivity contribution is 0.0267. The Hall–Kier alpha value is -3.40. The van der Waals surface area contributed by atoms with Gasteiger partial charge in [-0.05, 0) is 50.0 Å². The Balaban J connectivity index is 1.69. The Labute approximate surface area is 196 Å². The zero-order chi connectivity index (χ0) is 22.3. The minimum absolute atomic E-state index is 0.0835. The van der Waals surface area contributed by atoms with E-state index in [9.17, 15) is 10.5 Å². The summed E-state index contributed by atoms with van der Waals surface area (Å²) in [6.45, 7) is 0. The first kappa shape index (κ1) is 20.5. The molecule has 1 aliphatic heterocycles. The highest BCUT2D eigenvalue weighted by Crippen LogP contribution is 2.60. The van der Waals surface area contributed by atoms with Gasteiger partial charge in [0.25, 0.3) is 0 Å². The van der Waals surface area contributed by atoms with Crippen LogP contribution in [0.2, 0.25) is 0 Å². The Kier molecular flexibility index (Phi) is 5.09. The highest BCUT2D eigenvalue weighted by atomic mass is 32.1. The van der Waals surface area contributed by atoms with Crippen LogP contribution in [0.1, 0.15) is 47.4 Å². The zero-order valence-electron chi connectivity index (χ0n) is 16.8. The lowest BCUT2D eigenvalue weighted by atomic mass is 9.78. The molecule has 154 valence electrons. The van der Waals surface area contributed by atoms with Crippen LogP contribution >= 0.6 is 34.0 Å². The summed E-state index contributed by atoms with van der Waals surface area (Å²) in [7, 11) is 0. The molecule has 32 heavy (non-hydrogen) atoms. The van der Waals surface area contributed by atoms with Gasteiger partial charge in [-0.2, -0.15) is 21.0 Å². The Morgan fingerprint density at radius 1 is 0.812 bits per heavy atom. The fourth-order valence-corrected chi connectivity index (χ4v) is 8.18. The number of nitriles is 4. The molecule has 1 aliphatic carbocycles. The smallest absolute Gasteiger partial charge is 0.157 e. The molecule has 0 bridgehead atoms. The molecule has 4 heterocycles. The van der Waals surface area contributed by atoms with Crippen LogP contribution in [-0.2, 0) is 5.60 Å². The second kappa shape index (κ2) is 7.94. The first-order valence-electron chi connectivity index (χ1n) is 10.0. The van der Waals surface area contributed by atoms with Gasteiger partial charge in [0.15, 0.2) is 5.75 Å². The molecule has 1 spiro atoms. The molecule has 3 aromatic heterocycles. The Morgan fingerprint density at radius 2 is 1.44 bits per heavy atom. The van der Waals surface area contributed by atoms with Crippen molar-refractivity contribution < 1.29 is 4.74 Å². The predicted octanol–water partition coefficient (Wildman–Crippen LogP) is 7.10. The molecule has 0 amide bonds. The van der Waals surface area contributed by atoms with Crippen LogP contribution in [0.3, 0.4) is 0 Å². The SMILES string of the molecule is N#CC(C#N)=Cc1cc2c(s1)-c1sc3cc(C=C(C#N)C#N)sc3c1OC21CCCCC1.